The summed E-state index contributed by atoms with van der Waals surface area (Å²) in [7, 11) is -4.10. The van der Waals surface area contributed by atoms with Crippen LogP contribution in [0.1, 0.15) is 27.0 Å². The lowest BCUT2D eigenvalue weighted by molar-refractivity contribution is -0.151. The molecule has 1 aromatic heterocycles. The molecule has 200 valence electrons. The Morgan fingerprint density at radius 2 is 2.03 bits per heavy atom. The molecule has 0 amide bonds. The third-order valence-electron chi connectivity index (χ3n) is 5.44. The van der Waals surface area contributed by atoms with Crippen LogP contribution in [0.3, 0.4) is 0 Å². The van der Waals surface area contributed by atoms with Crippen molar-refractivity contribution in [3.05, 3.63) is 57.7 Å². The maximum atomic E-state index is 15.4. The number of terminal acetylenes is 1. The summed E-state index contributed by atoms with van der Waals surface area (Å²) in [4.78, 5) is 27.0. The van der Waals surface area contributed by atoms with E-state index in [1.165, 1.54) is 31.3 Å². The molecule has 6 atom stereocenters. The first-order chi connectivity index (χ1) is 17.4. The number of halogens is 1. The molecule has 10 nitrogen and oxygen atoms in total. The number of para-hydroxylation sites is 1. The predicted molar refractivity (Wildman–Crippen MR) is 134 cm³/mol. The monoisotopic (exact) mass is 554 g/mol. The van der Waals surface area contributed by atoms with E-state index in [9.17, 15) is 19.3 Å². The van der Waals surface area contributed by atoms with Crippen LogP contribution in [0.15, 0.2) is 47.4 Å². The number of aliphatic hydroxyl groups is 1. The number of aromatic amines is 1. The van der Waals surface area contributed by atoms with Crippen LogP contribution >= 0.6 is 19.8 Å². The van der Waals surface area contributed by atoms with Gasteiger partial charge in [-0.2, -0.15) is 0 Å². The van der Waals surface area contributed by atoms with E-state index in [1.54, 1.807) is 32.0 Å². The van der Waals surface area contributed by atoms with E-state index in [1.807, 2.05) is 5.92 Å². The average Bonchev–Trinajstić information content (AvgIpc) is 3.08. The van der Waals surface area contributed by atoms with Gasteiger partial charge in [0.15, 0.2) is 12.4 Å². The van der Waals surface area contributed by atoms with Crippen molar-refractivity contribution in [3.63, 3.8) is 0 Å². The minimum atomic E-state index is -4.10. The van der Waals surface area contributed by atoms with Gasteiger partial charge in [0.1, 0.15) is 16.5 Å². The van der Waals surface area contributed by atoms with E-state index in [0.717, 1.165) is 4.57 Å². The number of nitrogens with zero attached hydrogens (tertiary/aromatic N) is 1. The number of rotatable bonds is 10. The molecule has 37 heavy (non-hydrogen) atoms. The van der Waals surface area contributed by atoms with Gasteiger partial charge in [-0.15, -0.1) is 6.42 Å². The van der Waals surface area contributed by atoms with Gasteiger partial charge in [-0.1, -0.05) is 43.3 Å². The summed E-state index contributed by atoms with van der Waals surface area (Å²) in [6, 6.07) is 9.43. The maximum Gasteiger partial charge on any atom is 0.380 e. The number of H-pyrrole nitrogens is 1. The van der Waals surface area contributed by atoms with Gasteiger partial charge in [0.25, 0.3) is 0 Å². The highest BCUT2D eigenvalue weighted by molar-refractivity contribution is 7.71. The third-order valence-corrected chi connectivity index (χ3v) is 7.70. The van der Waals surface area contributed by atoms with Crippen LogP contribution in [0.4, 0.5) is 4.39 Å². The summed E-state index contributed by atoms with van der Waals surface area (Å²) in [5.41, 5.74) is -3.33. The highest BCUT2D eigenvalue weighted by atomic mass is 32.1. The number of ether oxygens (including phenoxy) is 2. The van der Waals surface area contributed by atoms with Crippen LogP contribution in [0.2, 0.25) is 0 Å². The van der Waals surface area contributed by atoms with Crippen molar-refractivity contribution in [2.24, 2.45) is 5.92 Å². The smallest absolute Gasteiger partial charge is 0.380 e. The van der Waals surface area contributed by atoms with Crippen molar-refractivity contribution in [3.8, 4) is 18.1 Å². The van der Waals surface area contributed by atoms with Gasteiger partial charge in [-0.3, -0.25) is 18.9 Å². The summed E-state index contributed by atoms with van der Waals surface area (Å²) in [6.07, 6.45) is 0.451. The van der Waals surface area contributed by atoms with Crippen LogP contribution in [0.5, 0.6) is 5.75 Å². The summed E-state index contributed by atoms with van der Waals surface area (Å²) in [5, 5.41) is 10.9. The van der Waals surface area contributed by atoms with Gasteiger partial charge in [0.05, 0.1) is 24.8 Å². The fourth-order valence-corrected chi connectivity index (χ4v) is 5.64. The largest absolute Gasteiger partial charge is 0.463 e. The molecule has 0 bridgehead atoms. The van der Waals surface area contributed by atoms with Crippen molar-refractivity contribution in [1.82, 2.24) is 9.55 Å². The van der Waals surface area contributed by atoms with Crippen molar-refractivity contribution in [2.45, 2.75) is 51.0 Å². The zero-order valence-electron chi connectivity index (χ0n) is 20.4. The molecule has 0 saturated carbocycles. The maximum absolute atomic E-state index is 15.4. The first kappa shape index (κ1) is 28.8. The molecular formula is C24H28FN2O8PS. The Kier molecular flexibility index (Phi) is 9.10. The molecule has 0 spiro atoms. The SMILES string of the molecule is C#CC1(O)[C@@H](F)[C@@H](COP(=O)(C[C@@H](C)C(=O)OC(C)C)Oc2ccccc2)O[C@H]1n1ccc(=S)[nH]c1=O. The van der Waals surface area contributed by atoms with E-state index in [2.05, 4.69) is 4.98 Å². The number of hydrogen-bond donors (Lipinski definition) is 2. The number of carbonyl (C=O) groups is 1. The number of esters is 1. The van der Waals surface area contributed by atoms with Crippen LogP contribution in [-0.2, 0) is 23.4 Å². The molecule has 2 heterocycles. The van der Waals surface area contributed by atoms with Crippen LogP contribution in [0.25, 0.3) is 0 Å². The second-order valence-corrected chi connectivity index (χ2v) is 11.3. The molecule has 2 aromatic rings. The first-order valence-electron chi connectivity index (χ1n) is 11.4. The molecular weight excluding hydrogens is 526 g/mol. The highest BCUT2D eigenvalue weighted by Crippen LogP contribution is 2.51. The fraction of sp³-hybridized carbons (Fsp3) is 0.458. The average molecular weight is 555 g/mol. The summed E-state index contributed by atoms with van der Waals surface area (Å²) in [6.45, 7) is 4.18. The summed E-state index contributed by atoms with van der Waals surface area (Å²) >= 11 is 4.89. The third kappa shape index (κ3) is 6.74. The van der Waals surface area contributed by atoms with E-state index in [-0.39, 0.29) is 16.6 Å². The number of hydrogen-bond acceptors (Lipinski definition) is 9. The normalized spacial score (nSPS) is 25.7. The number of benzene rings is 1. The number of alkyl halides is 1. The Morgan fingerprint density at radius 1 is 1.35 bits per heavy atom. The van der Waals surface area contributed by atoms with Crippen LogP contribution in [-0.4, -0.2) is 57.4 Å². The number of aromatic nitrogens is 2. The minimum Gasteiger partial charge on any atom is -0.463 e. The van der Waals surface area contributed by atoms with Crippen molar-refractivity contribution >= 4 is 25.8 Å². The number of nitrogens with one attached hydrogen (secondary N) is 1. The van der Waals surface area contributed by atoms with Crippen molar-refractivity contribution in [2.75, 3.05) is 12.8 Å². The van der Waals surface area contributed by atoms with E-state index in [0.29, 0.717) is 0 Å². The standard InChI is InChI=1S/C24H28FN2O8PS/c1-5-24(30)20(25)18(34-22(24)27-12-11-19(37)26-23(27)29)13-32-36(31,35-17-9-7-6-8-10-17)14-16(4)21(28)33-15(2)3/h1,6-12,15-16,18,20,22,30H,13-14H2,2-4H3,(H,26,29,37)/t16-,18-,20+,22-,24?,36?/m1/s1. The lowest BCUT2D eigenvalue weighted by Gasteiger charge is -2.25. The first-order valence-corrected chi connectivity index (χ1v) is 13.5. The zero-order chi connectivity index (χ0) is 27.4. The van der Waals surface area contributed by atoms with Crippen molar-refractivity contribution in [1.29, 1.82) is 0 Å². The minimum absolute atomic E-state index is 0.115. The molecule has 3 rings (SSSR count). The molecule has 2 N–H and O–H groups in total. The highest BCUT2D eigenvalue weighted by Gasteiger charge is 2.57. The molecule has 2 unspecified atom stereocenters. The second-order valence-electron chi connectivity index (χ2n) is 8.80. The van der Waals surface area contributed by atoms with E-state index >= 15 is 4.39 Å². The quantitative estimate of drug-likeness (QED) is 0.197. The van der Waals surface area contributed by atoms with Crippen molar-refractivity contribution < 1.29 is 37.4 Å². The van der Waals surface area contributed by atoms with Crippen LogP contribution < -0.4 is 10.2 Å². The topological polar surface area (TPSA) is 129 Å². The number of carbonyl (C=O) groups excluding carboxylic acids is 1. The summed E-state index contributed by atoms with van der Waals surface area (Å²) in [5.74, 6) is 0.652. The Bertz CT molecular complexity index is 1310. The van der Waals surface area contributed by atoms with Crippen LogP contribution in [0, 0.1) is 22.9 Å². The summed E-state index contributed by atoms with van der Waals surface area (Å²) < 4.78 is 52.0. The molecule has 0 radical (unpaired) electrons. The molecule has 13 heteroatoms. The van der Waals surface area contributed by atoms with Gasteiger partial charge >= 0.3 is 19.3 Å². The van der Waals surface area contributed by atoms with Gasteiger partial charge in [0.2, 0.25) is 5.60 Å². The fourth-order valence-electron chi connectivity index (χ4n) is 3.63. The molecule has 0 aliphatic carbocycles. The Balaban J connectivity index is 1.84. The van der Waals surface area contributed by atoms with Gasteiger partial charge < -0.3 is 19.1 Å². The Labute approximate surface area is 218 Å². The molecule has 1 saturated heterocycles. The lowest BCUT2D eigenvalue weighted by Crippen LogP contribution is -2.45. The zero-order valence-corrected chi connectivity index (χ0v) is 22.1. The molecule has 1 aromatic carbocycles. The Morgan fingerprint density at radius 3 is 2.62 bits per heavy atom. The van der Waals surface area contributed by atoms with E-state index in [4.69, 9.17) is 37.2 Å². The molecule has 1 fully saturated rings. The second kappa shape index (κ2) is 11.7. The lowest BCUT2D eigenvalue weighted by atomic mass is 9.96. The van der Waals surface area contributed by atoms with Gasteiger partial charge in [0, 0.05) is 6.20 Å². The van der Waals surface area contributed by atoms with Gasteiger partial charge in [-0.05, 0) is 32.0 Å². The predicted octanol–water partition coefficient (Wildman–Crippen LogP) is 3.38. The molecule has 1 aliphatic rings. The Hall–Kier alpha value is -2.81. The van der Waals surface area contributed by atoms with Gasteiger partial charge in [-0.25, -0.2) is 13.8 Å². The molecule has 1 aliphatic heterocycles. The van der Waals surface area contributed by atoms with E-state index < -0.39 is 62.0 Å².